The zero-order valence-electron chi connectivity index (χ0n) is 15.5. The number of amides is 1. The first-order valence-corrected chi connectivity index (χ1v) is 9.00. The Morgan fingerprint density at radius 1 is 1.04 bits per heavy atom. The van der Waals surface area contributed by atoms with Crippen LogP contribution in [0.25, 0.3) is 22.2 Å². The van der Waals surface area contributed by atoms with Gasteiger partial charge in [-0.2, -0.15) is 0 Å². The Morgan fingerprint density at radius 2 is 1.74 bits per heavy atom. The van der Waals surface area contributed by atoms with Crippen molar-refractivity contribution in [2.45, 2.75) is 20.3 Å². The van der Waals surface area contributed by atoms with Crippen LogP contribution in [0.15, 0.2) is 54.6 Å². The van der Waals surface area contributed by atoms with Gasteiger partial charge in [0.2, 0.25) is 0 Å². The first kappa shape index (κ1) is 18.6. The number of aromatic nitrogens is 1. The molecule has 1 amide bonds. The summed E-state index contributed by atoms with van der Waals surface area (Å²) in [4.78, 5) is 29.3. The van der Waals surface area contributed by atoms with E-state index in [4.69, 9.17) is 9.72 Å². The third kappa shape index (κ3) is 4.14. The van der Waals surface area contributed by atoms with Crippen LogP contribution in [0.4, 0.5) is 0 Å². The van der Waals surface area contributed by atoms with Crippen LogP contribution in [0.1, 0.15) is 29.3 Å². The monoisotopic (exact) mass is 362 g/mol. The van der Waals surface area contributed by atoms with Crippen LogP contribution in [0, 0.1) is 6.92 Å². The van der Waals surface area contributed by atoms with Gasteiger partial charge in [0.05, 0.1) is 16.8 Å². The van der Waals surface area contributed by atoms with E-state index in [0.29, 0.717) is 23.0 Å². The van der Waals surface area contributed by atoms with Crippen LogP contribution in [-0.2, 0) is 9.53 Å². The molecular formula is C22H22N2O3. The third-order valence-corrected chi connectivity index (χ3v) is 4.29. The van der Waals surface area contributed by atoms with E-state index in [1.54, 1.807) is 0 Å². The summed E-state index contributed by atoms with van der Waals surface area (Å²) in [6, 6.07) is 17.2. The molecule has 3 rings (SSSR count). The molecule has 0 fully saturated rings. The molecule has 2 aromatic carbocycles. The highest BCUT2D eigenvalue weighted by Gasteiger charge is 2.20. The predicted molar refractivity (Wildman–Crippen MR) is 105 cm³/mol. The van der Waals surface area contributed by atoms with E-state index < -0.39 is 5.97 Å². The maximum Gasteiger partial charge on any atom is 0.339 e. The minimum atomic E-state index is -0.519. The molecule has 3 aromatic rings. The fourth-order valence-electron chi connectivity index (χ4n) is 2.97. The quantitative estimate of drug-likeness (QED) is 0.676. The molecular weight excluding hydrogens is 340 g/mol. The lowest BCUT2D eigenvalue weighted by Crippen LogP contribution is -2.29. The fourth-order valence-corrected chi connectivity index (χ4v) is 2.97. The van der Waals surface area contributed by atoms with Crippen LogP contribution in [-0.4, -0.2) is 30.0 Å². The van der Waals surface area contributed by atoms with Gasteiger partial charge in [0.1, 0.15) is 0 Å². The molecule has 0 aliphatic carbocycles. The molecule has 1 aromatic heterocycles. The maximum atomic E-state index is 12.8. The molecule has 0 saturated carbocycles. The predicted octanol–water partition coefficient (Wildman–Crippen LogP) is 3.89. The number of carbonyl (C=O) groups excluding carboxylic acids is 2. The van der Waals surface area contributed by atoms with Crippen molar-refractivity contribution in [2.24, 2.45) is 0 Å². The molecule has 0 spiro atoms. The molecule has 1 N–H and O–H groups in total. The molecule has 0 unspecified atom stereocenters. The molecule has 0 radical (unpaired) electrons. The van der Waals surface area contributed by atoms with E-state index in [0.717, 1.165) is 23.2 Å². The summed E-state index contributed by atoms with van der Waals surface area (Å²) in [5.41, 5.74) is 3.55. The van der Waals surface area contributed by atoms with E-state index in [1.165, 1.54) is 0 Å². The van der Waals surface area contributed by atoms with Crippen LogP contribution in [0.3, 0.4) is 0 Å². The summed E-state index contributed by atoms with van der Waals surface area (Å²) in [5.74, 6) is -0.820. The highest BCUT2D eigenvalue weighted by molar-refractivity contribution is 6.06. The van der Waals surface area contributed by atoms with Crippen molar-refractivity contribution in [3.63, 3.8) is 0 Å². The lowest BCUT2D eigenvalue weighted by atomic mass is 9.98. The number of ether oxygens (including phenoxy) is 1. The molecule has 0 aliphatic heterocycles. The Bertz CT molecular complexity index is 968. The molecule has 0 saturated heterocycles. The highest BCUT2D eigenvalue weighted by atomic mass is 16.5. The zero-order valence-corrected chi connectivity index (χ0v) is 15.5. The molecule has 0 aliphatic rings. The number of benzene rings is 2. The van der Waals surface area contributed by atoms with E-state index in [9.17, 15) is 9.59 Å². The number of hydrogen-bond acceptors (Lipinski definition) is 4. The number of esters is 1. The Hall–Kier alpha value is -3.21. The summed E-state index contributed by atoms with van der Waals surface area (Å²) in [6.07, 6.45) is 0.828. The normalized spacial score (nSPS) is 10.6. The summed E-state index contributed by atoms with van der Waals surface area (Å²) < 4.78 is 5.29. The zero-order chi connectivity index (χ0) is 19.2. The average Bonchev–Trinajstić information content (AvgIpc) is 2.70. The van der Waals surface area contributed by atoms with Gasteiger partial charge in [0, 0.05) is 17.5 Å². The van der Waals surface area contributed by atoms with Crippen molar-refractivity contribution in [2.75, 3.05) is 13.2 Å². The summed E-state index contributed by atoms with van der Waals surface area (Å²) in [5, 5.41) is 3.42. The van der Waals surface area contributed by atoms with Crippen LogP contribution in [0.2, 0.25) is 0 Å². The molecule has 138 valence electrons. The van der Waals surface area contributed by atoms with Gasteiger partial charge >= 0.3 is 5.97 Å². The lowest BCUT2D eigenvalue weighted by Gasteiger charge is -2.14. The van der Waals surface area contributed by atoms with E-state index in [-0.39, 0.29) is 12.5 Å². The van der Waals surface area contributed by atoms with Gasteiger partial charge in [-0.3, -0.25) is 4.79 Å². The van der Waals surface area contributed by atoms with Crippen molar-refractivity contribution in [3.05, 3.63) is 65.7 Å². The number of fused-ring (bicyclic) bond motifs is 1. The second-order valence-corrected chi connectivity index (χ2v) is 6.27. The van der Waals surface area contributed by atoms with Gasteiger partial charge in [0.15, 0.2) is 6.61 Å². The second-order valence-electron chi connectivity index (χ2n) is 6.27. The van der Waals surface area contributed by atoms with Crippen LogP contribution >= 0.6 is 0 Å². The van der Waals surface area contributed by atoms with Crippen LogP contribution < -0.4 is 5.32 Å². The SMILES string of the molecule is CCCNC(=O)COC(=O)c1c(C)c(-c2ccccc2)nc2ccccc12. The van der Waals surface area contributed by atoms with Gasteiger partial charge in [0.25, 0.3) is 5.91 Å². The number of rotatable bonds is 6. The van der Waals surface area contributed by atoms with Gasteiger partial charge in [-0.25, -0.2) is 9.78 Å². The number of pyridine rings is 1. The lowest BCUT2D eigenvalue weighted by molar-refractivity contribution is -0.124. The van der Waals surface area contributed by atoms with E-state index in [1.807, 2.05) is 68.4 Å². The highest BCUT2D eigenvalue weighted by Crippen LogP contribution is 2.30. The Labute approximate surface area is 158 Å². The second kappa shape index (κ2) is 8.45. The molecule has 0 atom stereocenters. The van der Waals surface area contributed by atoms with Crippen molar-refractivity contribution in [1.82, 2.24) is 10.3 Å². The molecule has 0 bridgehead atoms. The number of nitrogens with one attached hydrogen (secondary N) is 1. The third-order valence-electron chi connectivity index (χ3n) is 4.29. The standard InChI is InChI=1S/C22H22N2O3/c1-3-13-23-19(25)14-27-22(26)20-15(2)21(16-9-5-4-6-10-16)24-18-12-8-7-11-17(18)20/h4-12H,3,13-14H2,1-2H3,(H,23,25). The number of carbonyl (C=O) groups is 2. The van der Waals surface area contributed by atoms with E-state index in [2.05, 4.69) is 5.32 Å². The number of hydrogen-bond donors (Lipinski definition) is 1. The maximum absolute atomic E-state index is 12.8. The summed E-state index contributed by atoms with van der Waals surface area (Å²) in [7, 11) is 0. The van der Waals surface area contributed by atoms with Gasteiger partial charge in [-0.1, -0.05) is 55.5 Å². The molecule has 5 nitrogen and oxygen atoms in total. The Morgan fingerprint density at radius 3 is 2.48 bits per heavy atom. The van der Waals surface area contributed by atoms with E-state index >= 15 is 0 Å². The fraction of sp³-hybridized carbons (Fsp3) is 0.227. The molecule has 27 heavy (non-hydrogen) atoms. The topological polar surface area (TPSA) is 68.3 Å². The molecule has 1 heterocycles. The minimum Gasteiger partial charge on any atom is -0.452 e. The number of para-hydroxylation sites is 1. The first-order valence-electron chi connectivity index (χ1n) is 9.00. The van der Waals surface area contributed by atoms with Crippen LogP contribution in [0.5, 0.6) is 0 Å². The van der Waals surface area contributed by atoms with Crippen molar-refractivity contribution in [3.8, 4) is 11.3 Å². The number of nitrogens with zero attached hydrogens (tertiary/aromatic N) is 1. The minimum absolute atomic E-state index is 0.296. The Balaban J connectivity index is 1.99. The smallest absolute Gasteiger partial charge is 0.339 e. The molecule has 5 heteroatoms. The van der Waals surface area contributed by atoms with Gasteiger partial charge in [-0.05, 0) is 25.0 Å². The summed E-state index contributed by atoms with van der Waals surface area (Å²) in [6.45, 7) is 4.08. The Kier molecular flexibility index (Phi) is 5.81. The van der Waals surface area contributed by atoms with Crippen molar-refractivity contribution in [1.29, 1.82) is 0 Å². The summed E-state index contributed by atoms with van der Waals surface area (Å²) >= 11 is 0. The first-order chi connectivity index (χ1) is 13.1. The average molecular weight is 362 g/mol. The largest absolute Gasteiger partial charge is 0.452 e. The van der Waals surface area contributed by atoms with Crippen molar-refractivity contribution < 1.29 is 14.3 Å². The van der Waals surface area contributed by atoms with Gasteiger partial charge < -0.3 is 10.1 Å². The van der Waals surface area contributed by atoms with Crippen molar-refractivity contribution >= 4 is 22.8 Å². The van der Waals surface area contributed by atoms with Gasteiger partial charge in [-0.15, -0.1) is 0 Å².